The molecule has 0 bridgehead atoms. The van der Waals surface area contributed by atoms with E-state index in [1.54, 1.807) is 6.20 Å². The lowest BCUT2D eigenvalue weighted by Crippen LogP contribution is -2.39. The lowest BCUT2D eigenvalue weighted by Gasteiger charge is -2.26. The number of ether oxygens (including phenoxy) is 1. The average molecular weight is 181 g/mol. The highest BCUT2D eigenvalue weighted by Gasteiger charge is 2.14. The predicted octanol–water partition coefficient (Wildman–Crippen LogP) is -0.394. The Labute approximate surface area is 75.4 Å². The summed E-state index contributed by atoms with van der Waals surface area (Å²) < 4.78 is 5.18. The van der Waals surface area contributed by atoms with E-state index < -0.39 is 0 Å². The van der Waals surface area contributed by atoms with Crippen molar-refractivity contribution in [3.8, 4) is 0 Å². The van der Waals surface area contributed by atoms with Gasteiger partial charge in [-0.3, -0.25) is 4.79 Å². The molecule has 1 N–H and O–H groups in total. The molecule has 0 spiro atoms. The Morgan fingerprint density at radius 3 is 2.92 bits per heavy atom. The first kappa shape index (κ1) is 8.25. The molecule has 0 aromatic carbocycles. The summed E-state index contributed by atoms with van der Waals surface area (Å²) in [5, 5.41) is 0. The van der Waals surface area contributed by atoms with Gasteiger partial charge in [-0.1, -0.05) is 0 Å². The van der Waals surface area contributed by atoms with E-state index in [4.69, 9.17) is 4.74 Å². The van der Waals surface area contributed by atoms with Gasteiger partial charge in [0.05, 0.1) is 13.2 Å². The zero-order valence-corrected chi connectivity index (χ0v) is 7.19. The second kappa shape index (κ2) is 3.57. The van der Waals surface area contributed by atoms with Crippen molar-refractivity contribution in [1.82, 2.24) is 9.97 Å². The van der Waals surface area contributed by atoms with E-state index in [1.807, 2.05) is 4.90 Å². The molecule has 2 heterocycles. The molecule has 1 aliphatic heterocycles. The molecular formula is C8H11N3O2. The molecule has 1 saturated heterocycles. The molecule has 0 unspecified atom stereocenters. The highest BCUT2D eigenvalue weighted by molar-refractivity contribution is 5.35. The number of H-pyrrole nitrogens is 1. The minimum Gasteiger partial charge on any atom is -0.378 e. The van der Waals surface area contributed by atoms with E-state index >= 15 is 0 Å². The minimum atomic E-state index is -0.135. The standard InChI is InChI=1S/C8H11N3O2/c12-8-7(9-1-2-10-8)11-3-5-13-6-4-11/h1-2H,3-6H2,(H,10,12). The number of morpholine rings is 1. The lowest BCUT2D eigenvalue weighted by atomic mass is 10.4. The smallest absolute Gasteiger partial charge is 0.290 e. The van der Waals surface area contributed by atoms with Crippen LogP contribution in [0.2, 0.25) is 0 Å². The van der Waals surface area contributed by atoms with Crippen LogP contribution >= 0.6 is 0 Å². The van der Waals surface area contributed by atoms with E-state index in [-0.39, 0.29) is 5.56 Å². The van der Waals surface area contributed by atoms with Crippen molar-refractivity contribution < 1.29 is 4.74 Å². The third-order valence-electron chi connectivity index (χ3n) is 2.00. The number of aromatic amines is 1. The average Bonchev–Trinajstić information content (AvgIpc) is 2.20. The van der Waals surface area contributed by atoms with Crippen LogP contribution < -0.4 is 10.5 Å². The maximum atomic E-state index is 11.3. The molecule has 70 valence electrons. The van der Waals surface area contributed by atoms with Gasteiger partial charge in [-0.2, -0.15) is 0 Å². The third kappa shape index (κ3) is 1.70. The van der Waals surface area contributed by atoms with Gasteiger partial charge in [0.1, 0.15) is 0 Å². The van der Waals surface area contributed by atoms with Crippen molar-refractivity contribution in [3.05, 3.63) is 22.7 Å². The van der Waals surface area contributed by atoms with Gasteiger partial charge in [0.15, 0.2) is 5.82 Å². The Morgan fingerprint density at radius 2 is 2.23 bits per heavy atom. The van der Waals surface area contributed by atoms with E-state index in [0.717, 1.165) is 13.1 Å². The molecule has 1 aromatic rings. The summed E-state index contributed by atoms with van der Waals surface area (Å²) in [5.41, 5.74) is -0.135. The van der Waals surface area contributed by atoms with Crippen LogP contribution in [0.25, 0.3) is 0 Å². The van der Waals surface area contributed by atoms with Crippen molar-refractivity contribution in [2.75, 3.05) is 31.2 Å². The molecule has 2 rings (SSSR count). The zero-order chi connectivity index (χ0) is 9.10. The monoisotopic (exact) mass is 181 g/mol. The molecule has 0 amide bonds. The highest BCUT2D eigenvalue weighted by Crippen LogP contribution is 2.04. The van der Waals surface area contributed by atoms with Crippen molar-refractivity contribution in [1.29, 1.82) is 0 Å². The van der Waals surface area contributed by atoms with E-state index in [0.29, 0.717) is 19.0 Å². The van der Waals surface area contributed by atoms with Gasteiger partial charge in [-0.05, 0) is 0 Å². The quantitative estimate of drug-likeness (QED) is 0.640. The molecule has 0 saturated carbocycles. The Hall–Kier alpha value is -1.36. The largest absolute Gasteiger partial charge is 0.378 e. The normalized spacial score (nSPS) is 17.4. The number of nitrogens with one attached hydrogen (secondary N) is 1. The number of hydrogen-bond donors (Lipinski definition) is 1. The van der Waals surface area contributed by atoms with Crippen LogP contribution in [0.15, 0.2) is 17.2 Å². The van der Waals surface area contributed by atoms with Gasteiger partial charge in [0.2, 0.25) is 0 Å². The minimum absolute atomic E-state index is 0.135. The Morgan fingerprint density at radius 1 is 1.46 bits per heavy atom. The number of anilines is 1. The maximum Gasteiger partial charge on any atom is 0.290 e. The fraction of sp³-hybridized carbons (Fsp3) is 0.500. The van der Waals surface area contributed by atoms with Crippen LogP contribution in [0, 0.1) is 0 Å². The summed E-state index contributed by atoms with van der Waals surface area (Å²) in [5.74, 6) is 0.491. The van der Waals surface area contributed by atoms with Crippen molar-refractivity contribution >= 4 is 5.82 Å². The molecule has 1 aromatic heterocycles. The lowest BCUT2D eigenvalue weighted by molar-refractivity contribution is 0.122. The topological polar surface area (TPSA) is 58.2 Å². The van der Waals surface area contributed by atoms with Crippen LogP contribution in [-0.2, 0) is 4.74 Å². The molecular weight excluding hydrogens is 170 g/mol. The van der Waals surface area contributed by atoms with Crippen LogP contribution in [-0.4, -0.2) is 36.3 Å². The highest BCUT2D eigenvalue weighted by atomic mass is 16.5. The van der Waals surface area contributed by atoms with E-state index in [9.17, 15) is 4.79 Å². The first-order valence-corrected chi connectivity index (χ1v) is 4.24. The number of rotatable bonds is 1. The number of aromatic nitrogens is 2. The van der Waals surface area contributed by atoms with Crippen molar-refractivity contribution in [3.63, 3.8) is 0 Å². The van der Waals surface area contributed by atoms with E-state index in [1.165, 1.54) is 6.20 Å². The Balaban J connectivity index is 2.24. The van der Waals surface area contributed by atoms with Crippen LogP contribution in [0.1, 0.15) is 0 Å². The summed E-state index contributed by atoms with van der Waals surface area (Å²) in [7, 11) is 0. The predicted molar refractivity (Wildman–Crippen MR) is 47.9 cm³/mol. The molecule has 1 fully saturated rings. The van der Waals surface area contributed by atoms with Gasteiger partial charge >= 0.3 is 0 Å². The summed E-state index contributed by atoms with van der Waals surface area (Å²) in [4.78, 5) is 19.9. The van der Waals surface area contributed by atoms with Gasteiger partial charge in [0.25, 0.3) is 5.56 Å². The van der Waals surface area contributed by atoms with Gasteiger partial charge in [-0.15, -0.1) is 0 Å². The molecule has 0 atom stereocenters. The van der Waals surface area contributed by atoms with E-state index in [2.05, 4.69) is 9.97 Å². The summed E-state index contributed by atoms with van der Waals surface area (Å²) >= 11 is 0. The van der Waals surface area contributed by atoms with Crippen LogP contribution in [0.3, 0.4) is 0 Å². The molecule has 0 radical (unpaired) electrons. The fourth-order valence-corrected chi connectivity index (χ4v) is 1.34. The third-order valence-corrected chi connectivity index (χ3v) is 2.00. The maximum absolute atomic E-state index is 11.3. The summed E-state index contributed by atoms with van der Waals surface area (Å²) in [6.45, 7) is 2.80. The number of nitrogens with zero attached hydrogens (tertiary/aromatic N) is 2. The van der Waals surface area contributed by atoms with Gasteiger partial charge in [0, 0.05) is 25.5 Å². The molecule has 5 nitrogen and oxygen atoms in total. The summed E-state index contributed by atoms with van der Waals surface area (Å²) in [6.07, 6.45) is 3.12. The molecule has 0 aliphatic carbocycles. The fourth-order valence-electron chi connectivity index (χ4n) is 1.34. The van der Waals surface area contributed by atoms with Gasteiger partial charge < -0.3 is 14.6 Å². The Kier molecular flexibility index (Phi) is 2.27. The summed E-state index contributed by atoms with van der Waals surface area (Å²) in [6, 6.07) is 0. The second-order valence-corrected chi connectivity index (χ2v) is 2.84. The second-order valence-electron chi connectivity index (χ2n) is 2.84. The first-order chi connectivity index (χ1) is 6.38. The molecule has 13 heavy (non-hydrogen) atoms. The van der Waals surface area contributed by atoms with Crippen molar-refractivity contribution in [2.45, 2.75) is 0 Å². The van der Waals surface area contributed by atoms with Crippen LogP contribution in [0.5, 0.6) is 0 Å². The van der Waals surface area contributed by atoms with Gasteiger partial charge in [-0.25, -0.2) is 4.98 Å². The first-order valence-electron chi connectivity index (χ1n) is 4.24. The molecule has 1 aliphatic rings. The SMILES string of the molecule is O=c1[nH]ccnc1N1CCOCC1. The van der Waals surface area contributed by atoms with Crippen molar-refractivity contribution in [2.24, 2.45) is 0 Å². The zero-order valence-electron chi connectivity index (χ0n) is 7.19. The van der Waals surface area contributed by atoms with Crippen LogP contribution in [0.4, 0.5) is 5.82 Å². The number of hydrogen-bond acceptors (Lipinski definition) is 4. The Bertz CT molecular complexity index is 330. The molecule has 5 heteroatoms.